The highest BCUT2D eigenvalue weighted by molar-refractivity contribution is 6.22. The van der Waals surface area contributed by atoms with E-state index in [9.17, 15) is 0 Å². The van der Waals surface area contributed by atoms with Crippen LogP contribution in [0.15, 0.2) is 267 Å². The van der Waals surface area contributed by atoms with Crippen LogP contribution in [0.25, 0.3) is 93.2 Å². The maximum absolute atomic E-state index is 2.45. The van der Waals surface area contributed by atoms with Crippen molar-refractivity contribution in [2.75, 3.05) is 4.90 Å². The first-order chi connectivity index (χ1) is 33.7. The summed E-state index contributed by atoms with van der Waals surface area (Å²) in [4.78, 5) is 2.44. The van der Waals surface area contributed by atoms with Crippen molar-refractivity contribution in [2.24, 2.45) is 0 Å². The van der Waals surface area contributed by atoms with Gasteiger partial charge in [-0.15, -0.1) is 0 Å². The molecule has 0 saturated carbocycles. The Bertz CT molecular complexity index is 3930. The van der Waals surface area contributed by atoms with E-state index in [-0.39, 0.29) is 5.92 Å². The van der Waals surface area contributed by atoms with Crippen molar-refractivity contribution in [3.05, 3.63) is 272 Å². The topological polar surface area (TPSA) is 8.17 Å². The monoisotopic (exact) mass is 866 g/mol. The highest BCUT2D eigenvalue weighted by Crippen LogP contribution is 2.44. The van der Waals surface area contributed by atoms with Gasteiger partial charge in [0.05, 0.1) is 11.0 Å². The number of hydrogen-bond donors (Lipinski definition) is 0. The largest absolute Gasteiger partial charge is 0.311 e. The third-order valence-corrected chi connectivity index (χ3v) is 14.1. The van der Waals surface area contributed by atoms with E-state index in [0.29, 0.717) is 0 Å². The van der Waals surface area contributed by atoms with E-state index < -0.39 is 0 Å². The Hall–Kier alpha value is -8.72. The van der Waals surface area contributed by atoms with Crippen LogP contribution < -0.4 is 4.90 Å². The first-order valence-electron chi connectivity index (χ1n) is 23.7. The lowest BCUT2D eigenvalue weighted by atomic mass is 9.89. The van der Waals surface area contributed by atoms with Gasteiger partial charge >= 0.3 is 0 Å². The Labute approximate surface area is 396 Å². The minimum atomic E-state index is 0.276. The molecule has 13 rings (SSSR count). The van der Waals surface area contributed by atoms with Gasteiger partial charge < -0.3 is 9.47 Å². The molecule has 2 nitrogen and oxygen atoms in total. The number of para-hydroxylation sites is 1. The summed E-state index contributed by atoms with van der Waals surface area (Å²) in [5.41, 5.74) is 15.5. The molecule has 1 unspecified atom stereocenters. The summed E-state index contributed by atoms with van der Waals surface area (Å²) in [5, 5.41) is 10.2. The molecule has 1 aliphatic carbocycles. The highest BCUT2D eigenvalue weighted by Gasteiger charge is 2.22. The minimum absolute atomic E-state index is 0.276. The number of allylic oxidation sites excluding steroid dienone is 3. The predicted molar refractivity (Wildman–Crippen MR) is 289 cm³/mol. The number of hydrogen-bond acceptors (Lipinski definition) is 1. The molecule has 1 heterocycles. The van der Waals surface area contributed by atoms with Crippen LogP contribution in [-0.2, 0) is 0 Å². The van der Waals surface area contributed by atoms with Crippen LogP contribution >= 0.6 is 0 Å². The second-order valence-corrected chi connectivity index (χ2v) is 18.0. The van der Waals surface area contributed by atoms with Gasteiger partial charge in [0.15, 0.2) is 0 Å². The standard InChI is InChI=1S/C66H46N2/c1-3-14-45(15-4-1)50-18-11-19-51(42-50)46-30-36-56(37-31-46)67(57-38-32-47(33-39-57)52-35-40-60-54(43-52)29-28-48-16-7-9-24-59(48)60)58-23-12-20-53(44-58)61-26-13-27-64-65(61)63-41-34-49-17-8-10-25-62(49)66(63)68(64)55-21-5-2-6-22-55/h1-32,34-44,47H,33H2. The molecule has 2 heteroatoms. The summed E-state index contributed by atoms with van der Waals surface area (Å²) >= 11 is 0. The van der Waals surface area contributed by atoms with E-state index in [2.05, 4.69) is 270 Å². The fraction of sp³-hybridized carbons (Fsp3) is 0.0303. The molecule has 1 aliphatic rings. The summed E-state index contributed by atoms with van der Waals surface area (Å²) in [6.07, 6.45) is 8.07. The molecule has 0 spiro atoms. The number of rotatable bonds is 8. The van der Waals surface area contributed by atoms with E-state index >= 15 is 0 Å². The molecule has 320 valence electrons. The van der Waals surface area contributed by atoms with Crippen molar-refractivity contribution in [1.82, 2.24) is 4.57 Å². The third-order valence-electron chi connectivity index (χ3n) is 14.1. The van der Waals surface area contributed by atoms with Crippen LogP contribution in [0.5, 0.6) is 0 Å². The molecule has 1 atom stereocenters. The van der Waals surface area contributed by atoms with Crippen molar-refractivity contribution in [3.8, 4) is 39.1 Å². The molecule has 0 amide bonds. The van der Waals surface area contributed by atoms with Crippen molar-refractivity contribution in [1.29, 1.82) is 0 Å². The Kier molecular flexibility index (Phi) is 9.68. The van der Waals surface area contributed by atoms with E-state index in [4.69, 9.17) is 0 Å². The minimum Gasteiger partial charge on any atom is -0.311 e. The zero-order valence-electron chi connectivity index (χ0n) is 37.5. The normalized spacial score (nSPS) is 13.7. The lowest BCUT2D eigenvalue weighted by Gasteiger charge is -2.30. The summed E-state index contributed by atoms with van der Waals surface area (Å²) in [5.74, 6) is 0.276. The van der Waals surface area contributed by atoms with Gasteiger partial charge in [-0.05, 0) is 127 Å². The average molecular weight is 867 g/mol. The number of fused-ring (bicyclic) bond motifs is 8. The van der Waals surface area contributed by atoms with Gasteiger partial charge in [0.1, 0.15) is 0 Å². The van der Waals surface area contributed by atoms with Gasteiger partial charge in [-0.2, -0.15) is 0 Å². The van der Waals surface area contributed by atoms with E-state index in [0.717, 1.165) is 29.2 Å². The summed E-state index contributed by atoms with van der Waals surface area (Å²) in [6, 6.07) is 88.9. The van der Waals surface area contributed by atoms with E-state index in [1.165, 1.54) is 93.1 Å². The zero-order chi connectivity index (χ0) is 45.0. The fourth-order valence-electron chi connectivity index (χ4n) is 10.8. The summed E-state index contributed by atoms with van der Waals surface area (Å²) in [7, 11) is 0. The molecular weight excluding hydrogens is 821 g/mol. The molecule has 11 aromatic carbocycles. The van der Waals surface area contributed by atoms with Crippen LogP contribution in [0.4, 0.5) is 11.4 Å². The Morgan fingerprint density at radius 1 is 0.397 bits per heavy atom. The SMILES string of the molecule is C1=CC(c2ccc3c(ccc4ccccc43)c2)CC=C1N(c1ccc(-c2cccc(-c3ccccc3)c2)cc1)c1cccc(-c2cccc3c2c2ccc4ccccc4c2n3-c2ccccc2)c1. The van der Waals surface area contributed by atoms with Gasteiger partial charge in [-0.25, -0.2) is 0 Å². The van der Waals surface area contributed by atoms with Crippen molar-refractivity contribution in [3.63, 3.8) is 0 Å². The fourth-order valence-corrected chi connectivity index (χ4v) is 10.8. The smallest absolute Gasteiger partial charge is 0.0619 e. The highest BCUT2D eigenvalue weighted by atomic mass is 15.1. The second kappa shape index (κ2) is 16.6. The molecule has 0 N–H and O–H groups in total. The van der Waals surface area contributed by atoms with Gasteiger partial charge in [-0.1, -0.05) is 206 Å². The van der Waals surface area contributed by atoms with Crippen LogP contribution in [-0.4, -0.2) is 4.57 Å². The summed E-state index contributed by atoms with van der Waals surface area (Å²) < 4.78 is 2.45. The Balaban J connectivity index is 0.920. The first-order valence-corrected chi connectivity index (χ1v) is 23.7. The second-order valence-electron chi connectivity index (χ2n) is 18.0. The maximum Gasteiger partial charge on any atom is 0.0619 e. The number of aromatic nitrogens is 1. The third kappa shape index (κ3) is 6.89. The lowest BCUT2D eigenvalue weighted by molar-refractivity contribution is 0.841. The van der Waals surface area contributed by atoms with Crippen LogP contribution in [0.2, 0.25) is 0 Å². The van der Waals surface area contributed by atoms with E-state index in [1.807, 2.05) is 0 Å². The number of nitrogens with zero attached hydrogens (tertiary/aromatic N) is 2. The van der Waals surface area contributed by atoms with Gasteiger partial charge in [0, 0.05) is 44.8 Å². The predicted octanol–water partition coefficient (Wildman–Crippen LogP) is 18.0. The maximum atomic E-state index is 2.45. The molecule has 0 radical (unpaired) electrons. The molecule has 0 bridgehead atoms. The first kappa shape index (κ1) is 39.6. The molecule has 0 saturated heterocycles. The van der Waals surface area contributed by atoms with Crippen molar-refractivity contribution >= 4 is 65.5 Å². The molecule has 12 aromatic rings. The molecular formula is C66H46N2. The van der Waals surface area contributed by atoms with Gasteiger partial charge in [0.2, 0.25) is 0 Å². The number of benzene rings is 11. The average Bonchev–Trinajstić information content (AvgIpc) is 3.77. The van der Waals surface area contributed by atoms with Crippen molar-refractivity contribution < 1.29 is 0 Å². The van der Waals surface area contributed by atoms with E-state index in [1.54, 1.807) is 0 Å². The van der Waals surface area contributed by atoms with Crippen LogP contribution in [0.3, 0.4) is 0 Å². The van der Waals surface area contributed by atoms with Crippen LogP contribution in [0.1, 0.15) is 17.9 Å². The quantitative estimate of drug-likeness (QED) is 0.138. The molecule has 1 aromatic heterocycles. The van der Waals surface area contributed by atoms with Gasteiger partial charge in [-0.3, -0.25) is 0 Å². The van der Waals surface area contributed by atoms with Gasteiger partial charge in [0.25, 0.3) is 0 Å². The Morgan fingerprint density at radius 2 is 1.01 bits per heavy atom. The Morgan fingerprint density at radius 3 is 1.81 bits per heavy atom. The van der Waals surface area contributed by atoms with Crippen molar-refractivity contribution in [2.45, 2.75) is 12.3 Å². The number of anilines is 2. The molecule has 68 heavy (non-hydrogen) atoms. The molecule has 0 fully saturated rings. The molecule has 0 aliphatic heterocycles. The van der Waals surface area contributed by atoms with Crippen LogP contribution in [0, 0.1) is 0 Å². The zero-order valence-corrected chi connectivity index (χ0v) is 37.5. The summed E-state index contributed by atoms with van der Waals surface area (Å²) in [6.45, 7) is 0. The lowest BCUT2D eigenvalue weighted by Crippen LogP contribution is -2.17.